The van der Waals surface area contributed by atoms with E-state index in [2.05, 4.69) is 18.0 Å². The van der Waals surface area contributed by atoms with Gasteiger partial charge in [-0.05, 0) is 51.5 Å². The summed E-state index contributed by atoms with van der Waals surface area (Å²) in [7, 11) is 2.14. The molecule has 1 aliphatic heterocycles. The molecule has 2 N–H and O–H groups in total. The lowest BCUT2D eigenvalue weighted by Gasteiger charge is -2.21. The van der Waals surface area contributed by atoms with Gasteiger partial charge in [0, 0.05) is 0 Å². The Bertz CT molecular complexity index is 308. The zero-order chi connectivity index (χ0) is 10.1. The van der Waals surface area contributed by atoms with Crippen molar-refractivity contribution in [2.75, 3.05) is 20.1 Å². The minimum Gasteiger partial charge on any atom is -0.465 e. The molecule has 78 valence electrons. The second-order valence-corrected chi connectivity index (χ2v) is 4.16. The normalized spacial score (nSPS) is 28.5. The maximum atomic E-state index is 5.76. The van der Waals surface area contributed by atoms with Crippen molar-refractivity contribution >= 4 is 0 Å². The van der Waals surface area contributed by atoms with E-state index in [4.69, 9.17) is 10.2 Å². The van der Waals surface area contributed by atoms with Crippen LogP contribution in [0.4, 0.5) is 0 Å². The molecule has 0 radical (unpaired) electrons. The van der Waals surface area contributed by atoms with Crippen LogP contribution in [0.15, 0.2) is 16.5 Å². The topological polar surface area (TPSA) is 42.4 Å². The third-order valence-electron chi connectivity index (χ3n) is 3.13. The Morgan fingerprint density at radius 3 is 2.93 bits per heavy atom. The van der Waals surface area contributed by atoms with Gasteiger partial charge in [0.2, 0.25) is 0 Å². The van der Waals surface area contributed by atoms with Crippen molar-refractivity contribution < 1.29 is 4.42 Å². The molecule has 3 heteroatoms. The van der Waals surface area contributed by atoms with E-state index in [0.717, 1.165) is 24.6 Å². The maximum Gasteiger partial charge on any atom is 0.121 e. The van der Waals surface area contributed by atoms with Crippen molar-refractivity contribution in [1.82, 2.24) is 4.90 Å². The largest absolute Gasteiger partial charge is 0.465 e. The van der Waals surface area contributed by atoms with E-state index in [-0.39, 0.29) is 0 Å². The fraction of sp³-hybridized carbons (Fsp3) is 0.636. The first-order valence-electron chi connectivity index (χ1n) is 5.19. The van der Waals surface area contributed by atoms with Gasteiger partial charge in [0.1, 0.15) is 11.5 Å². The molecular formula is C11H18N2O. The maximum absolute atomic E-state index is 5.76. The molecule has 0 aliphatic carbocycles. The van der Waals surface area contributed by atoms with E-state index < -0.39 is 0 Å². The fourth-order valence-corrected chi connectivity index (χ4v) is 2.33. The van der Waals surface area contributed by atoms with Crippen LogP contribution >= 0.6 is 0 Å². The Balaban J connectivity index is 2.22. The second kappa shape index (κ2) is 3.75. The zero-order valence-corrected chi connectivity index (χ0v) is 8.86. The SMILES string of the molecule is Cc1ccc(C2C(CN)CCN2C)o1. The average Bonchev–Trinajstić information content (AvgIpc) is 2.71. The quantitative estimate of drug-likeness (QED) is 0.776. The van der Waals surface area contributed by atoms with Crippen molar-refractivity contribution in [1.29, 1.82) is 0 Å². The third-order valence-corrected chi connectivity index (χ3v) is 3.13. The van der Waals surface area contributed by atoms with Crippen molar-refractivity contribution in [3.8, 4) is 0 Å². The highest BCUT2D eigenvalue weighted by Gasteiger charge is 2.33. The Morgan fingerprint density at radius 1 is 1.57 bits per heavy atom. The van der Waals surface area contributed by atoms with Gasteiger partial charge < -0.3 is 10.2 Å². The molecule has 2 heterocycles. The minimum atomic E-state index is 0.383. The molecule has 1 saturated heterocycles. The molecule has 3 nitrogen and oxygen atoms in total. The van der Waals surface area contributed by atoms with Crippen LogP contribution in [0.1, 0.15) is 24.0 Å². The van der Waals surface area contributed by atoms with Gasteiger partial charge in [0.05, 0.1) is 6.04 Å². The molecule has 0 aromatic carbocycles. The number of rotatable bonds is 2. The molecule has 0 bridgehead atoms. The molecule has 2 unspecified atom stereocenters. The lowest BCUT2D eigenvalue weighted by atomic mass is 9.99. The number of likely N-dealkylation sites (tertiary alicyclic amines) is 1. The summed E-state index contributed by atoms with van der Waals surface area (Å²) in [5.41, 5.74) is 5.76. The summed E-state index contributed by atoms with van der Waals surface area (Å²) >= 11 is 0. The number of nitrogens with zero attached hydrogens (tertiary/aromatic N) is 1. The summed E-state index contributed by atoms with van der Waals surface area (Å²) in [6, 6.07) is 4.48. The van der Waals surface area contributed by atoms with Crippen LogP contribution in [0.5, 0.6) is 0 Å². The smallest absolute Gasteiger partial charge is 0.121 e. The highest BCUT2D eigenvalue weighted by Crippen LogP contribution is 2.35. The molecule has 1 aromatic heterocycles. The van der Waals surface area contributed by atoms with Gasteiger partial charge in [0.15, 0.2) is 0 Å². The number of hydrogen-bond donors (Lipinski definition) is 1. The molecular weight excluding hydrogens is 176 g/mol. The molecule has 1 fully saturated rings. The van der Waals surface area contributed by atoms with E-state index in [0.29, 0.717) is 12.0 Å². The predicted molar refractivity (Wildman–Crippen MR) is 56.0 cm³/mol. The van der Waals surface area contributed by atoms with E-state index in [1.807, 2.05) is 13.0 Å². The summed E-state index contributed by atoms with van der Waals surface area (Å²) < 4.78 is 5.67. The monoisotopic (exact) mass is 194 g/mol. The van der Waals surface area contributed by atoms with Crippen LogP contribution < -0.4 is 5.73 Å². The predicted octanol–water partition coefficient (Wildman–Crippen LogP) is 1.54. The molecule has 14 heavy (non-hydrogen) atoms. The van der Waals surface area contributed by atoms with Crippen LogP contribution in [-0.4, -0.2) is 25.0 Å². The number of nitrogens with two attached hydrogens (primary N) is 1. The van der Waals surface area contributed by atoms with Crippen molar-refractivity contribution in [2.45, 2.75) is 19.4 Å². The third kappa shape index (κ3) is 1.57. The molecule has 1 aromatic rings. The molecule has 0 spiro atoms. The van der Waals surface area contributed by atoms with Crippen LogP contribution in [-0.2, 0) is 0 Å². The standard InChI is InChI=1S/C11H18N2O/c1-8-3-4-10(14-8)11-9(7-12)5-6-13(11)2/h3-4,9,11H,5-7,12H2,1-2H3. The van der Waals surface area contributed by atoms with E-state index in [1.165, 1.54) is 6.42 Å². The van der Waals surface area contributed by atoms with E-state index in [9.17, 15) is 0 Å². The first kappa shape index (κ1) is 9.74. The summed E-state index contributed by atoms with van der Waals surface area (Å²) in [4.78, 5) is 2.33. The second-order valence-electron chi connectivity index (χ2n) is 4.16. The lowest BCUT2D eigenvalue weighted by molar-refractivity contribution is 0.238. The highest BCUT2D eigenvalue weighted by molar-refractivity contribution is 5.12. The first-order chi connectivity index (χ1) is 6.72. The van der Waals surface area contributed by atoms with Gasteiger partial charge in [-0.25, -0.2) is 0 Å². The summed E-state index contributed by atoms with van der Waals surface area (Å²) in [6.07, 6.45) is 1.18. The van der Waals surface area contributed by atoms with Crippen LogP contribution in [0, 0.1) is 12.8 Å². The van der Waals surface area contributed by atoms with Crippen LogP contribution in [0.2, 0.25) is 0 Å². The Morgan fingerprint density at radius 2 is 2.36 bits per heavy atom. The van der Waals surface area contributed by atoms with Crippen molar-refractivity contribution in [3.05, 3.63) is 23.7 Å². The molecule has 0 saturated carbocycles. The highest BCUT2D eigenvalue weighted by atomic mass is 16.3. The van der Waals surface area contributed by atoms with E-state index >= 15 is 0 Å². The van der Waals surface area contributed by atoms with Gasteiger partial charge in [-0.1, -0.05) is 0 Å². The lowest BCUT2D eigenvalue weighted by Crippen LogP contribution is -2.24. The number of aryl methyl sites for hydroxylation is 1. The first-order valence-corrected chi connectivity index (χ1v) is 5.19. The molecule has 0 amide bonds. The van der Waals surface area contributed by atoms with Gasteiger partial charge in [-0.15, -0.1) is 0 Å². The number of furan rings is 1. The van der Waals surface area contributed by atoms with Crippen LogP contribution in [0.3, 0.4) is 0 Å². The zero-order valence-electron chi connectivity index (χ0n) is 8.86. The summed E-state index contributed by atoms with van der Waals surface area (Å²) in [6.45, 7) is 3.84. The molecule has 2 atom stereocenters. The minimum absolute atomic E-state index is 0.383. The van der Waals surface area contributed by atoms with Crippen molar-refractivity contribution in [3.63, 3.8) is 0 Å². The van der Waals surface area contributed by atoms with E-state index in [1.54, 1.807) is 0 Å². The summed E-state index contributed by atoms with van der Waals surface area (Å²) in [5, 5.41) is 0. The molecule has 1 aliphatic rings. The Kier molecular flexibility index (Phi) is 2.61. The van der Waals surface area contributed by atoms with Crippen LogP contribution in [0.25, 0.3) is 0 Å². The van der Waals surface area contributed by atoms with Gasteiger partial charge in [-0.3, -0.25) is 4.90 Å². The molecule has 2 rings (SSSR count). The fourth-order valence-electron chi connectivity index (χ4n) is 2.33. The number of hydrogen-bond acceptors (Lipinski definition) is 3. The van der Waals surface area contributed by atoms with Gasteiger partial charge >= 0.3 is 0 Å². The van der Waals surface area contributed by atoms with Gasteiger partial charge in [-0.2, -0.15) is 0 Å². The Hall–Kier alpha value is -0.800. The summed E-state index contributed by atoms with van der Waals surface area (Å²) in [5.74, 6) is 2.60. The van der Waals surface area contributed by atoms with Crippen molar-refractivity contribution in [2.24, 2.45) is 11.7 Å². The average molecular weight is 194 g/mol. The Labute approximate surface area is 84.9 Å². The van der Waals surface area contributed by atoms with Gasteiger partial charge in [0.25, 0.3) is 0 Å².